The Balaban J connectivity index is 1.15. The van der Waals surface area contributed by atoms with Gasteiger partial charge >= 0.3 is 5.97 Å². The van der Waals surface area contributed by atoms with E-state index in [1.165, 1.54) is 83.0 Å². The zero-order chi connectivity index (χ0) is 31.7. The number of methoxy groups -OCH3 is 1. The summed E-state index contributed by atoms with van der Waals surface area (Å²) >= 11 is 0. The van der Waals surface area contributed by atoms with Crippen molar-refractivity contribution >= 4 is 12.0 Å². The molecular formula is C40H58O4. The molecule has 2 spiro atoms. The highest BCUT2D eigenvalue weighted by molar-refractivity contribution is 5.87. The summed E-state index contributed by atoms with van der Waals surface area (Å²) in [6, 6.07) is 5.09. The number of allylic oxidation sites excluding steroid dienone is 2. The molecule has 1 aromatic carbocycles. The average Bonchev–Trinajstić information content (AvgIpc) is 3.55. The molecule has 44 heavy (non-hydrogen) atoms. The lowest BCUT2D eigenvalue weighted by Crippen LogP contribution is -2.58. The molecule has 1 aromatic rings. The molecule has 5 aliphatic carbocycles. The van der Waals surface area contributed by atoms with E-state index < -0.39 is 0 Å². The second kappa shape index (κ2) is 10.9. The van der Waals surface area contributed by atoms with Crippen molar-refractivity contribution in [2.45, 2.75) is 125 Å². The molecule has 0 bridgehead atoms. The van der Waals surface area contributed by atoms with E-state index >= 15 is 0 Å². The van der Waals surface area contributed by atoms with Crippen molar-refractivity contribution in [2.75, 3.05) is 7.11 Å². The maximum atomic E-state index is 13.1. The molecular weight excluding hydrogens is 544 g/mol. The second-order valence-corrected chi connectivity index (χ2v) is 17.0. The standard InChI is InChI=1S/C40H58O4/c1-26(2)10-9-11-27(3)29-18-20-38(7)33-16-15-32-36(4,5)34(19-21-39(32)25-40(33,39)23-22-37(29,38)6)44-35(42)17-13-28-12-14-30(41)31(24-28)43-8/h10,12-14,17,24,27,29,32-34,41H,9,11,15-16,18-23,25H2,1-8H3/b17-13+/t27-,29-,32?,33?,34+,37-,38+,39-,40+/m1/s1. The Bertz CT molecular complexity index is 1340. The molecule has 5 aliphatic rings. The maximum Gasteiger partial charge on any atom is 0.331 e. The highest BCUT2D eigenvalue weighted by Gasteiger charge is 2.82. The first kappa shape index (κ1) is 31.7. The van der Waals surface area contributed by atoms with E-state index in [1.807, 2.05) is 0 Å². The average molecular weight is 603 g/mol. The molecule has 242 valence electrons. The fourth-order valence-corrected chi connectivity index (χ4v) is 12.5. The third kappa shape index (κ3) is 4.62. The van der Waals surface area contributed by atoms with Gasteiger partial charge in [-0.1, -0.05) is 52.3 Å². The smallest absolute Gasteiger partial charge is 0.331 e. The van der Waals surface area contributed by atoms with Crippen LogP contribution in [0.2, 0.25) is 0 Å². The zero-order valence-electron chi connectivity index (χ0n) is 28.8. The van der Waals surface area contributed by atoms with Crippen LogP contribution in [0.25, 0.3) is 6.08 Å². The number of phenols is 1. The summed E-state index contributed by atoms with van der Waals surface area (Å²) in [5, 5.41) is 9.88. The van der Waals surface area contributed by atoms with Crippen LogP contribution in [-0.2, 0) is 9.53 Å². The van der Waals surface area contributed by atoms with Gasteiger partial charge in [-0.15, -0.1) is 0 Å². The van der Waals surface area contributed by atoms with Gasteiger partial charge in [0.1, 0.15) is 6.10 Å². The van der Waals surface area contributed by atoms with Crippen molar-refractivity contribution in [2.24, 2.45) is 50.7 Å². The largest absolute Gasteiger partial charge is 0.504 e. The van der Waals surface area contributed by atoms with Crippen molar-refractivity contribution in [3.8, 4) is 11.5 Å². The van der Waals surface area contributed by atoms with Crippen molar-refractivity contribution < 1.29 is 19.4 Å². The zero-order valence-corrected chi connectivity index (χ0v) is 28.8. The predicted octanol–water partition coefficient (Wildman–Crippen LogP) is 10.1. The van der Waals surface area contributed by atoms with Gasteiger partial charge in [0.05, 0.1) is 7.11 Å². The van der Waals surface area contributed by atoms with Gasteiger partial charge in [0.15, 0.2) is 11.5 Å². The van der Waals surface area contributed by atoms with E-state index in [4.69, 9.17) is 9.47 Å². The number of carbonyl (C=O) groups is 1. The monoisotopic (exact) mass is 602 g/mol. The minimum Gasteiger partial charge on any atom is -0.504 e. The van der Waals surface area contributed by atoms with Crippen molar-refractivity contribution in [3.05, 3.63) is 41.5 Å². The van der Waals surface area contributed by atoms with Gasteiger partial charge in [-0.25, -0.2) is 4.79 Å². The topological polar surface area (TPSA) is 55.8 Å². The van der Waals surface area contributed by atoms with Crippen LogP contribution in [-0.4, -0.2) is 24.3 Å². The molecule has 0 amide bonds. The lowest BCUT2D eigenvalue weighted by molar-refractivity contribution is -0.179. The van der Waals surface area contributed by atoms with Crippen LogP contribution < -0.4 is 4.74 Å². The summed E-state index contributed by atoms with van der Waals surface area (Å²) in [7, 11) is 1.53. The number of rotatable bonds is 8. The second-order valence-electron chi connectivity index (χ2n) is 17.0. The molecule has 2 unspecified atom stereocenters. The maximum absolute atomic E-state index is 13.1. The highest BCUT2D eigenvalue weighted by Crippen LogP contribution is 2.89. The number of phenolic OH excluding ortho intramolecular Hbond substituents is 1. The van der Waals surface area contributed by atoms with Crippen molar-refractivity contribution in [3.63, 3.8) is 0 Å². The lowest BCUT2D eigenvalue weighted by atomic mass is 9.41. The van der Waals surface area contributed by atoms with Gasteiger partial charge in [0.25, 0.3) is 0 Å². The number of benzene rings is 1. The molecule has 6 rings (SSSR count). The Morgan fingerprint density at radius 1 is 0.977 bits per heavy atom. The normalized spacial score (nSPS) is 40.6. The Kier molecular flexibility index (Phi) is 7.89. The van der Waals surface area contributed by atoms with Crippen LogP contribution in [0.4, 0.5) is 0 Å². The van der Waals surface area contributed by atoms with Crippen LogP contribution in [0.15, 0.2) is 35.9 Å². The fourth-order valence-electron chi connectivity index (χ4n) is 12.5. The van der Waals surface area contributed by atoms with E-state index in [0.717, 1.165) is 29.7 Å². The molecule has 0 aromatic heterocycles. The van der Waals surface area contributed by atoms with Crippen molar-refractivity contribution in [1.29, 1.82) is 0 Å². The first-order valence-electron chi connectivity index (χ1n) is 17.6. The quantitative estimate of drug-likeness (QED) is 0.183. The number of carbonyl (C=O) groups excluding carboxylic acids is 1. The molecule has 4 heteroatoms. The minimum absolute atomic E-state index is 0.0305. The molecule has 0 radical (unpaired) electrons. The van der Waals surface area contributed by atoms with Gasteiger partial charge in [0, 0.05) is 11.5 Å². The van der Waals surface area contributed by atoms with E-state index in [0.29, 0.717) is 33.3 Å². The Hall–Kier alpha value is -2.23. The molecule has 0 saturated heterocycles. The minimum atomic E-state index is -0.276. The molecule has 0 heterocycles. The van der Waals surface area contributed by atoms with Crippen LogP contribution in [0.1, 0.15) is 125 Å². The summed E-state index contributed by atoms with van der Waals surface area (Å²) in [6.45, 7) is 17.2. The van der Waals surface area contributed by atoms with Gasteiger partial charge < -0.3 is 14.6 Å². The number of esters is 1. The van der Waals surface area contributed by atoms with Gasteiger partial charge in [0.2, 0.25) is 0 Å². The Morgan fingerprint density at radius 2 is 1.70 bits per heavy atom. The summed E-state index contributed by atoms with van der Waals surface area (Å²) in [4.78, 5) is 13.1. The molecule has 0 aliphatic heterocycles. The summed E-state index contributed by atoms with van der Waals surface area (Å²) in [5.74, 6) is 3.33. The molecule has 4 nitrogen and oxygen atoms in total. The number of ether oxygens (including phenoxy) is 2. The SMILES string of the molecule is COc1cc(/C=C/C(=O)O[C@H]2CC[C@]34C[C@]35CC[C@]3(C)[C@@H]([C@H](C)CCC=C(C)C)CC[C@@]3(C)C5CCC4C2(C)C)ccc1O. The molecule has 5 saturated carbocycles. The van der Waals surface area contributed by atoms with Crippen molar-refractivity contribution in [1.82, 2.24) is 0 Å². The van der Waals surface area contributed by atoms with Crippen LogP contribution in [0.5, 0.6) is 11.5 Å². The fraction of sp³-hybridized carbons (Fsp3) is 0.725. The van der Waals surface area contributed by atoms with E-state index in [9.17, 15) is 9.90 Å². The predicted molar refractivity (Wildman–Crippen MR) is 178 cm³/mol. The van der Waals surface area contributed by atoms with E-state index in [1.54, 1.807) is 24.3 Å². The number of hydrogen-bond acceptors (Lipinski definition) is 4. The Labute approximate surface area is 267 Å². The molecule has 5 fully saturated rings. The third-order valence-corrected chi connectivity index (χ3v) is 14.8. The van der Waals surface area contributed by atoms with E-state index in [-0.39, 0.29) is 23.2 Å². The summed E-state index contributed by atoms with van der Waals surface area (Å²) in [6.07, 6.45) is 20.1. The van der Waals surface area contributed by atoms with Gasteiger partial charge in [-0.3, -0.25) is 0 Å². The van der Waals surface area contributed by atoms with Crippen LogP contribution in [0.3, 0.4) is 0 Å². The van der Waals surface area contributed by atoms with Crippen LogP contribution >= 0.6 is 0 Å². The first-order valence-corrected chi connectivity index (χ1v) is 17.6. The number of fused-ring (bicyclic) bond motifs is 2. The first-order chi connectivity index (χ1) is 20.7. The Morgan fingerprint density at radius 3 is 2.43 bits per heavy atom. The third-order valence-electron chi connectivity index (χ3n) is 14.8. The number of hydrogen-bond donors (Lipinski definition) is 1. The summed E-state index contributed by atoms with van der Waals surface area (Å²) in [5.41, 5.74) is 4.08. The van der Waals surface area contributed by atoms with Gasteiger partial charge in [-0.2, -0.15) is 0 Å². The molecule has 1 N–H and O–H groups in total. The summed E-state index contributed by atoms with van der Waals surface area (Å²) < 4.78 is 11.4. The number of aromatic hydroxyl groups is 1. The van der Waals surface area contributed by atoms with E-state index in [2.05, 4.69) is 54.5 Å². The molecule has 9 atom stereocenters. The van der Waals surface area contributed by atoms with Crippen LogP contribution in [0, 0.1) is 50.7 Å². The highest BCUT2D eigenvalue weighted by atomic mass is 16.5. The van der Waals surface area contributed by atoms with Gasteiger partial charge in [-0.05, 0) is 154 Å². The lowest BCUT2D eigenvalue weighted by Gasteiger charge is -2.63.